The van der Waals surface area contributed by atoms with Crippen molar-refractivity contribution < 1.29 is 35.5 Å². The molecule has 1 amide bonds. The minimum atomic E-state index is -5.12. The van der Waals surface area contributed by atoms with Crippen molar-refractivity contribution in [2.24, 2.45) is 0 Å². The summed E-state index contributed by atoms with van der Waals surface area (Å²) in [6.45, 7) is 0. The minimum Gasteiger partial charge on any atom is -0.309 e. The van der Waals surface area contributed by atoms with Gasteiger partial charge >= 0.3 is 12.4 Å². The first kappa shape index (κ1) is 23.5. The van der Waals surface area contributed by atoms with E-state index in [2.05, 4.69) is 9.97 Å². The molecule has 0 atom stereocenters. The SMILES string of the molecule is CN(C(=O)c1cc(C(F)(F)F)cc(C(F)(F)F)c1)c1cnccc1-c1ccnc(Cl)c1F. The van der Waals surface area contributed by atoms with Crippen LogP contribution in [0.15, 0.2) is 48.9 Å². The highest BCUT2D eigenvalue weighted by molar-refractivity contribution is 6.29. The summed E-state index contributed by atoms with van der Waals surface area (Å²) in [6.07, 6.45) is -6.68. The number of carbonyl (C=O) groups excluding carboxylic acids is 1. The monoisotopic (exact) mass is 477 g/mol. The van der Waals surface area contributed by atoms with E-state index in [1.807, 2.05) is 0 Å². The molecule has 0 saturated heterocycles. The highest BCUT2D eigenvalue weighted by Gasteiger charge is 2.38. The maximum atomic E-state index is 14.5. The Morgan fingerprint density at radius 2 is 1.50 bits per heavy atom. The van der Waals surface area contributed by atoms with E-state index in [0.29, 0.717) is 12.1 Å². The van der Waals surface area contributed by atoms with Crippen LogP contribution in [0.4, 0.5) is 36.4 Å². The predicted octanol–water partition coefficient (Wildman–Crippen LogP) is 6.25. The molecule has 0 bridgehead atoms. The van der Waals surface area contributed by atoms with Crippen molar-refractivity contribution in [2.75, 3.05) is 11.9 Å². The van der Waals surface area contributed by atoms with Crippen LogP contribution in [-0.4, -0.2) is 22.9 Å². The second-order valence-electron chi connectivity index (χ2n) is 6.51. The van der Waals surface area contributed by atoms with E-state index in [9.17, 15) is 35.5 Å². The molecule has 4 nitrogen and oxygen atoms in total. The van der Waals surface area contributed by atoms with Gasteiger partial charge in [0, 0.05) is 36.1 Å². The smallest absolute Gasteiger partial charge is 0.309 e. The number of pyridine rings is 2. The average molecular weight is 478 g/mol. The van der Waals surface area contributed by atoms with Crippen LogP contribution in [0.2, 0.25) is 5.15 Å². The molecule has 0 fully saturated rings. The van der Waals surface area contributed by atoms with Gasteiger partial charge in [-0.1, -0.05) is 11.6 Å². The van der Waals surface area contributed by atoms with Crippen LogP contribution < -0.4 is 4.90 Å². The fourth-order valence-electron chi connectivity index (χ4n) is 2.89. The lowest BCUT2D eigenvalue weighted by atomic mass is 10.0. The van der Waals surface area contributed by atoms with Gasteiger partial charge in [-0.15, -0.1) is 0 Å². The molecule has 0 spiro atoms. The summed E-state index contributed by atoms with van der Waals surface area (Å²) in [7, 11) is 1.11. The molecule has 0 unspecified atom stereocenters. The van der Waals surface area contributed by atoms with Gasteiger partial charge in [0.2, 0.25) is 0 Å². The Hall–Kier alpha value is -3.21. The van der Waals surface area contributed by atoms with Gasteiger partial charge in [-0.3, -0.25) is 9.78 Å². The number of alkyl halides is 6. The second kappa shape index (κ2) is 8.38. The van der Waals surface area contributed by atoms with Gasteiger partial charge in [-0.25, -0.2) is 9.37 Å². The summed E-state index contributed by atoms with van der Waals surface area (Å²) in [5.41, 5.74) is -4.24. The van der Waals surface area contributed by atoms with Gasteiger partial charge < -0.3 is 4.90 Å². The van der Waals surface area contributed by atoms with E-state index >= 15 is 0 Å². The Morgan fingerprint density at radius 3 is 2.06 bits per heavy atom. The molecule has 12 heteroatoms. The molecule has 0 aliphatic rings. The number of rotatable bonds is 3. The van der Waals surface area contributed by atoms with Gasteiger partial charge in [0.15, 0.2) is 11.0 Å². The first-order valence-electron chi connectivity index (χ1n) is 8.62. The van der Waals surface area contributed by atoms with E-state index in [0.717, 1.165) is 18.1 Å². The molecule has 0 saturated carbocycles. The number of carbonyl (C=O) groups is 1. The zero-order valence-electron chi connectivity index (χ0n) is 15.9. The van der Waals surface area contributed by atoms with E-state index < -0.39 is 45.9 Å². The Kier molecular flexibility index (Phi) is 6.14. The molecule has 0 N–H and O–H groups in total. The van der Waals surface area contributed by atoms with E-state index in [1.54, 1.807) is 0 Å². The van der Waals surface area contributed by atoms with Gasteiger partial charge in [-0.2, -0.15) is 26.3 Å². The number of anilines is 1. The zero-order valence-corrected chi connectivity index (χ0v) is 16.6. The van der Waals surface area contributed by atoms with E-state index in [4.69, 9.17) is 11.6 Å². The Morgan fingerprint density at radius 1 is 0.938 bits per heavy atom. The lowest BCUT2D eigenvalue weighted by Gasteiger charge is -2.22. The first-order valence-corrected chi connectivity index (χ1v) is 9.00. The van der Waals surface area contributed by atoms with Gasteiger partial charge in [0.05, 0.1) is 23.0 Å². The maximum Gasteiger partial charge on any atom is 0.416 e. The summed E-state index contributed by atoms with van der Waals surface area (Å²) < 4.78 is 93.2. The highest BCUT2D eigenvalue weighted by Crippen LogP contribution is 2.38. The fourth-order valence-corrected chi connectivity index (χ4v) is 3.05. The summed E-state index contributed by atoms with van der Waals surface area (Å²) in [6, 6.07) is 3.09. The van der Waals surface area contributed by atoms with Crippen molar-refractivity contribution in [2.45, 2.75) is 12.4 Å². The molecule has 168 valence electrons. The minimum absolute atomic E-state index is 0.0701. The van der Waals surface area contributed by atoms with Crippen molar-refractivity contribution in [3.63, 3.8) is 0 Å². The molecule has 2 aromatic heterocycles. The lowest BCUT2D eigenvalue weighted by molar-refractivity contribution is -0.143. The van der Waals surface area contributed by atoms with Crippen molar-refractivity contribution >= 4 is 23.2 Å². The third-order valence-corrected chi connectivity index (χ3v) is 4.70. The van der Waals surface area contributed by atoms with Crippen molar-refractivity contribution in [3.05, 3.63) is 76.6 Å². The predicted molar refractivity (Wildman–Crippen MR) is 102 cm³/mol. The number of halogens is 8. The number of nitrogens with zero attached hydrogens (tertiary/aromatic N) is 3. The van der Waals surface area contributed by atoms with Gasteiger partial charge in [0.1, 0.15) is 0 Å². The number of amides is 1. The Labute approximate surface area is 181 Å². The van der Waals surface area contributed by atoms with Crippen LogP contribution >= 0.6 is 11.6 Å². The molecule has 0 aliphatic carbocycles. The van der Waals surface area contributed by atoms with E-state index in [1.165, 1.54) is 24.5 Å². The van der Waals surface area contributed by atoms with Crippen molar-refractivity contribution in [3.8, 4) is 11.1 Å². The lowest BCUT2D eigenvalue weighted by Crippen LogP contribution is -2.28. The normalized spacial score (nSPS) is 12.0. The summed E-state index contributed by atoms with van der Waals surface area (Å²) in [4.78, 5) is 21.0. The van der Waals surface area contributed by atoms with Crippen LogP contribution in [-0.2, 0) is 12.4 Å². The number of hydrogen-bond donors (Lipinski definition) is 0. The zero-order chi connectivity index (χ0) is 23.8. The molecule has 3 rings (SSSR count). The summed E-state index contributed by atoms with van der Waals surface area (Å²) >= 11 is 5.68. The second-order valence-corrected chi connectivity index (χ2v) is 6.87. The molecule has 2 heterocycles. The topological polar surface area (TPSA) is 46.1 Å². The fraction of sp³-hybridized carbons (Fsp3) is 0.150. The largest absolute Gasteiger partial charge is 0.416 e. The molecule has 0 aliphatic heterocycles. The van der Waals surface area contributed by atoms with Crippen molar-refractivity contribution in [1.29, 1.82) is 0 Å². The molecular formula is C20H11ClF7N3O. The van der Waals surface area contributed by atoms with Crippen molar-refractivity contribution in [1.82, 2.24) is 9.97 Å². The summed E-state index contributed by atoms with van der Waals surface area (Å²) in [5, 5.41) is -0.466. The molecule has 0 radical (unpaired) electrons. The molecular weight excluding hydrogens is 467 g/mol. The maximum absolute atomic E-state index is 14.5. The molecule has 32 heavy (non-hydrogen) atoms. The first-order chi connectivity index (χ1) is 14.8. The van der Waals surface area contributed by atoms with E-state index in [-0.39, 0.29) is 22.9 Å². The van der Waals surface area contributed by atoms with Crippen LogP contribution in [0.25, 0.3) is 11.1 Å². The van der Waals surface area contributed by atoms with Crippen LogP contribution in [0, 0.1) is 5.82 Å². The van der Waals surface area contributed by atoms with Crippen LogP contribution in [0.3, 0.4) is 0 Å². The highest BCUT2D eigenvalue weighted by atomic mass is 35.5. The molecule has 1 aromatic carbocycles. The Balaban J connectivity index is 2.12. The van der Waals surface area contributed by atoms with Crippen LogP contribution in [0.5, 0.6) is 0 Å². The van der Waals surface area contributed by atoms with Gasteiger partial charge in [-0.05, 0) is 30.3 Å². The quantitative estimate of drug-likeness (QED) is 0.331. The third-order valence-electron chi connectivity index (χ3n) is 4.44. The average Bonchev–Trinajstić information content (AvgIpc) is 2.73. The number of benzene rings is 1. The van der Waals surface area contributed by atoms with Crippen LogP contribution in [0.1, 0.15) is 21.5 Å². The van der Waals surface area contributed by atoms with Gasteiger partial charge in [0.25, 0.3) is 5.91 Å². The molecule has 3 aromatic rings. The third kappa shape index (κ3) is 4.67. The standard InChI is InChI=1S/C20H11ClF7N3O/c1-31(15-9-29-4-2-13(15)14-3-5-30-17(21)16(14)22)18(32)10-6-11(19(23,24)25)8-12(7-10)20(26,27)28/h2-9H,1H3. The number of aromatic nitrogens is 2. The Bertz CT molecular complexity index is 1150. The summed E-state index contributed by atoms with van der Waals surface area (Å²) in [5.74, 6) is -2.13. The number of hydrogen-bond acceptors (Lipinski definition) is 3.